The van der Waals surface area contributed by atoms with E-state index in [4.69, 9.17) is 23.2 Å². The maximum atomic E-state index is 6.40. The molecule has 0 amide bonds. The van der Waals surface area contributed by atoms with Crippen LogP contribution < -0.4 is 5.32 Å². The van der Waals surface area contributed by atoms with Gasteiger partial charge < -0.3 is 5.32 Å². The number of halogens is 2. The van der Waals surface area contributed by atoms with Gasteiger partial charge in [-0.15, -0.1) is 0 Å². The molecule has 0 aliphatic carbocycles. The smallest absolute Gasteiger partial charge is 0.0483 e. The van der Waals surface area contributed by atoms with Crippen molar-refractivity contribution in [1.82, 2.24) is 5.32 Å². The lowest BCUT2D eigenvalue weighted by Gasteiger charge is -2.19. The SMILES string of the molecule is CNC(Cc1ccccc1Cl)c1cccc(C)c1Cl. The molecule has 0 saturated heterocycles. The van der Waals surface area contributed by atoms with Crippen molar-refractivity contribution in [3.63, 3.8) is 0 Å². The standard InChI is InChI=1S/C16H17Cl2N/c1-11-6-5-8-13(16(11)18)15(19-2)10-12-7-3-4-9-14(12)17/h3-9,15,19H,10H2,1-2H3. The summed E-state index contributed by atoms with van der Waals surface area (Å²) in [6, 6.07) is 14.2. The summed E-state index contributed by atoms with van der Waals surface area (Å²) in [7, 11) is 1.94. The molecule has 0 saturated carbocycles. The summed E-state index contributed by atoms with van der Waals surface area (Å²) in [6.45, 7) is 2.02. The molecule has 100 valence electrons. The Kier molecular flexibility index (Phi) is 4.87. The highest BCUT2D eigenvalue weighted by molar-refractivity contribution is 6.32. The molecule has 0 aliphatic rings. The van der Waals surface area contributed by atoms with E-state index in [-0.39, 0.29) is 6.04 Å². The van der Waals surface area contributed by atoms with Crippen molar-refractivity contribution in [1.29, 1.82) is 0 Å². The van der Waals surface area contributed by atoms with Crippen LogP contribution in [0.5, 0.6) is 0 Å². The lowest BCUT2D eigenvalue weighted by atomic mass is 9.97. The van der Waals surface area contributed by atoms with Crippen LogP contribution in [0.2, 0.25) is 10.0 Å². The van der Waals surface area contributed by atoms with E-state index in [1.807, 2.05) is 44.3 Å². The average molecular weight is 294 g/mol. The predicted molar refractivity (Wildman–Crippen MR) is 83.1 cm³/mol. The van der Waals surface area contributed by atoms with E-state index < -0.39 is 0 Å². The van der Waals surface area contributed by atoms with Gasteiger partial charge in [0.05, 0.1) is 0 Å². The number of hydrogen-bond acceptors (Lipinski definition) is 1. The summed E-state index contributed by atoms with van der Waals surface area (Å²) < 4.78 is 0. The first-order valence-corrected chi connectivity index (χ1v) is 7.04. The monoisotopic (exact) mass is 293 g/mol. The van der Waals surface area contributed by atoms with Gasteiger partial charge in [-0.2, -0.15) is 0 Å². The van der Waals surface area contributed by atoms with Crippen LogP contribution in [-0.2, 0) is 6.42 Å². The van der Waals surface area contributed by atoms with Gasteiger partial charge in [0.2, 0.25) is 0 Å². The second-order valence-corrected chi connectivity index (χ2v) is 5.40. The minimum atomic E-state index is 0.160. The Morgan fingerprint density at radius 2 is 1.79 bits per heavy atom. The topological polar surface area (TPSA) is 12.0 Å². The lowest BCUT2D eigenvalue weighted by molar-refractivity contribution is 0.592. The Labute approximate surface area is 124 Å². The molecule has 0 spiro atoms. The first-order chi connectivity index (χ1) is 9.13. The number of nitrogens with one attached hydrogen (secondary N) is 1. The van der Waals surface area contributed by atoms with Gasteiger partial charge in [0, 0.05) is 16.1 Å². The molecule has 0 fully saturated rings. The normalized spacial score (nSPS) is 12.4. The number of benzene rings is 2. The highest BCUT2D eigenvalue weighted by Crippen LogP contribution is 2.29. The van der Waals surface area contributed by atoms with E-state index in [0.717, 1.165) is 33.2 Å². The van der Waals surface area contributed by atoms with E-state index in [9.17, 15) is 0 Å². The zero-order valence-corrected chi connectivity index (χ0v) is 12.6. The summed E-state index contributed by atoms with van der Waals surface area (Å²) in [5.74, 6) is 0. The summed E-state index contributed by atoms with van der Waals surface area (Å²) in [5, 5.41) is 4.94. The van der Waals surface area contributed by atoms with Crippen LogP contribution in [0.4, 0.5) is 0 Å². The minimum absolute atomic E-state index is 0.160. The Morgan fingerprint density at radius 1 is 1.05 bits per heavy atom. The maximum absolute atomic E-state index is 6.40. The van der Waals surface area contributed by atoms with E-state index in [1.54, 1.807) is 0 Å². The molecule has 2 aromatic carbocycles. The maximum Gasteiger partial charge on any atom is 0.0483 e. The minimum Gasteiger partial charge on any atom is -0.313 e. The third-order valence-electron chi connectivity index (χ3n) is 3.33. The van der Waals surface area contributed by atoms with Crippen molar-refractivity contribution >= 4 is 23.2 Å². The fraction of sp³-hybridized carbons (Fsp3) is 0.250. The quantitative estimate of drug-likeness (QED) is 0.853. The summed E-state index contributed by atoms with van der Waals surface area (Å²) in [5.41, 5.74) is 3.34. The number of rotatable bonds is 4. The van der Waals surface area contributed by atoms with Crippen LogP contribution in [0.3, 0.4) is 0 Å². The molecule has 1 unspecified atom stereocenters. The van der Waals surface area contributed by atoms with Crippen molar-refractivity contribution in [2.45, 2.75) is 19.4 Å². The van der Waals surface area contributed by atoms with Crippen LogP contribution in [0.25, 0.3) is 0 Å². The Hall–Kier alpha value is -1.02. The molecule has 0 bridgehead atoms. The molecular formula is C16H17Cl2N. The summed E-state index contributed by atoms with van der Waals surface area (Å²) in [4.78, 5) is 0. The van der Waals surface area contributed by atoms with Crippen LogP contribution in [0, 0.1) is 6.92 Å². The molecule has 1 nitrogen and oxygen atoms in total. The van der Waals surface area contributed by atoms with Crippen molar-refractivity contribution in [2.24, 2.45) is 0 Å². The average Bonchev–Trinajstić information content (AvgIpc) is 2.41. The number of hydrogen-bond donors (Lipinski definition) is 1. The molecule has 3 heteroatoms. The molecule has 2 rings (SSSR count). The third kappa shape index (κ3) is 3.30. The van der Waals surface area contributed by atoms with Crippen molar-refractivity contribution < 1.29 is 0 Å². The van der Waals surface area contributed by atoms with Gasteiger partial charge in [0.1, 0.15) is 0 Å². The van der Waals surface area contributed by atoms with Crippen molar-refractivity contribution in [3.05, 3.63) is 69.2 Å². The van der Waals surface area contributed by atoms with Crippen molar-refractivity contribution in [2.75, 3.05) is 7.05 Å². The van der Waals surface area contributed by atoms with E-state index >= 15 is 0 Å². The first-order valence-electron chi connectivity index (χ1n) is 6.29. The second-order valence-electron chi connectivity index (χ2n) is 4.61. The molecule has 2 aromatic rings. The van der Waals surface area contributed by atoms with E-state index in [2.05, 4.69) is 17.4 Å². The van der Waals surface area contributed by atoms with Gasteiger partial charge in [-0.05, 0) is 43.1 Å². The highest BCUT2D eigenvalue weighted by Gasteiger charge is 2.15. The van der Waals surface area contributed by atoms with Crippen LogP contribution in [0.15, 0.2) is 42.5 Å². The van der Waals surface area contributed by atoms with Gasteiger partial charge >= 0.3 is 0 Å². The van der Waals surface area contributed by atoms with Gasteiger partial charge in [0.15, 0.2) is 0 Å². The zero-order valence-electron chi connectivity index (χ0n) is 11.1. The van der Waals surface area contributed by atoms with Crippen LogP contribution in [-0.4, -0.2) is 7.05 Å². The molecule has 0 aliphatic heterocycles. The number of likely N-dealkylation sites (N-methyl/N-ethyl adjacent to an activating group) is 1. The van der Waals surface area contributed by atoms with E-state index in [1.165, 1.54) is 0 Å². The fourth-order valence-corrected chi connectivity index (χ4v) is 2.66. The lowest BCUT2D eigenvalue weighted by Crippen LogP contribution is -2.19. The van der Waals surface area contributed by atoms with Gasteiger partial charge in [-0.1, -0.05) is 59.6 Å². The Bertz CT molecular complexity index is 566. The van der Waals surface area contributed by atoms with Gasteiger partial charge in [-0.3, -0.25) is 0 Å². The zero-order chi connectivity index (χ0) is 13.8. The van der Waals surface area contributed by atoms with Gasteiger partial charge in [-0.25, -0.2) is 0 Å². The molecular weight excluding hydrogens is 277 g/mol. The molecule has 19 heavy (non-hydrogen) atoms. The predicted octanol–water partition coefficient (Wildman–Crippen LogP) is 4.81. The number of aryl methyl sites for hydroxylation is 1. The molecule has 1 atom stereocenters. The van der Waals surface area contributed by atoms with Crippen molar-refractivity contribution in [3.8, 4) is 0 Å². The summed E-state index contributed by atoms with van der Waals surface area (Å²) in [6.07, 6.45) is 0.819. The second kappa shape index (κ2) is 6.42. The molecule has 1 N–H and O–H groups in total. The Balaban J connectivity index is 2.31. The first kappa shape index (κ1) is 14.4. The van der Waals surface area contributed by atoms with Crippen LogP contribution in [0.1, 0.15) is 22.7 Å². The largest absolute Gasteiger partial charge is 0.313 e. The highest BCUT2D eigenvalue weighted by atomic mass is 35.5. The molecule has 0 heterocycles. The summed E-state index contributed by atoms with van der Waals surface area (Å²) >= 11 is 12.6. The third-order valence-corrected chi connectivity index (χ3v) is 4.21. The fourth-order valence-electron chi connectivity index (χ4n) is 2.19. The van der Waals surface area contributed by atoms with E-state index in [0.29, 0.717) is 0 Å². The molecule has 0 radical (unpaired) electrons. The Morgan fingerprint density at radius 3 is 2.47 bits per heavy atom. The van der Waals surface area contributed by atoms with Crippen LogP contribution >= 0.6 is 23.2 Å². The molecule has 0 aromatic heterocycles. The van der Waals surface area contributed by atoms with Gasteiger partial charge in [0.25, 0.3) is 0 Å².